The van der Waals surface area contributed by atoms with Crippen molar-refractivity contribution < 1.29 is 4.84 Å². The number of pyridine rings is 1. The van der Waals surface area contributed by atoms with Gasteiger partial charge in [0.2, 0.25) is 0 Å². The highest BCUT2D eigenvalue weighted by Gasteiger charge is 1.90. The highest BCUT2D eigenvalue weighted by Crippen LogP contribution is 1.97. The van der Waals surface area contributed by atoms with Crippen LogP contribution in [0.5, 0.6) is 0 Å². The zero-order valence-corrected chi connectivity index (χ0v) is 8.78. The molecule has 0 unspecified atom stereocenters. The Morgan fingerprint density at radius 3 is 2.62 bits per heavy atom. The Kier molecular flexibility index (Phi) is 3.66. The zero-order chi connectivity index (χ0) is 11.1. The maximum absolute atomic E-state index is 5.13. The van der Waals surface area contributed by atoms with Gasteiger partial charge in [0.1, 0.15) is 0 Å². The molecule has 3 heteroatoms. The van der Waals surface area contributed by atoms with Gasteiger partial charge in [-0.3, -0.25) is 4.98 Å². The van der Waals surface area contributed by atoms with Crippen molar-refractivity contribution in [2.45, 2.75) is 6.61 Å². The maximum atomic E-state index is 5.13. The number of benzene rings is 1. The third-order valence-electron chi connectivity index (χ3n) is 2.01. The molecule has 0 fully saturated rings. The molecule has 0 saturated heterocycles. The summed E-state index contributed by atoms with van der Waals surface area (Å²) in [6.07, 6.45) is 3.42. The number of nitrogens with zero attached hydrogens (tertiary/aromatic N) is 2. The van der Waals surface area contributed by atoms with Gasteiger partial charge in [0, 0.05) is 6.20 Å². The molecule has 0 aliphatic rings. The molecular formula is C13H12N2O. The van der Waals surface area contributed by atoms with E-state index >= 15 is 0 Å². The molecule has 1 aromatic carbocycles. The summed E-state index contributed by atoms with van der Waals surface area (Å²) >= 11 is 0. The Morgan fingerprint density at radius 1 is 1.06 bits per heavy atom. The van der Waals surface area contributed by atoms with E-state index in [4.69, 9.17) is 4.84 Å². The van der Waals surface area contributed by atoms with Crippen molar-refractivity contribution in [1.82, 2.24) is 4.98 Å². The molecule has 0 radical (unpaired) electrons. The van der Waals surface area contributed by atoms with E-state index in [2.05, 4.69) is 10.1 Å². The quantitative estimate of drug-likeness (QED) is 0.576. The predicted octanol–water partition coefficient (Wildman–Crippen LogP) is 2.63. The first-order chi connectivity index (χ1) is 7.95. The van der Waals surface area contributed by atoms with Gasteiger partial charge in [0.15, 0.2) is 6.61 Å². The minimum atomic E-state index is 0.393. The fourth-order valence-electron chi connectivity index (χ4n) is 1.22. The molecule has 2 rings (SSSR count). The molecule has 0 spiro atoms. The maximum Gasteiger partial charge on any atom is 0.159 e. The SMILES string of the molecule is C(=NOCc1ccccn1)c1ccccc1. The molecule has 2 aromatic rings. The number of hydrogen-bond donors (Lipinski definition) is 0. The lowest BCUT2D eigenvalue weighted by Crippen LogP contribution is -1.90. The fraction of sp³-hybridized carbons (Fsp3) is 0.0769. The largest absolute Gasteiger partial charge is 0.389 e. The van der Waals surface area contributed by atoms with Crippen molar-refractivity contribution in [3.8, 4) is 0 Å². The third kappa shape index (κ3) is 3.20. The normalized spacial score (nSPS) is 10.5. The third-order valence-corrected chi connectivity index (χ3v) is 2.01. The predicted molar refractivity (Wildman–Crippen MR) is 63.1 cm³/mol. The Balaban J connectivity index is 1.83. The lowest BCUT2D eigenvalue weighted by Gasteiger charge is -1.97. The van der Waals surface area contributed by atoms with E-state index in [1.165, 1.54) is 0 Å². The highest BCUT2D eigenvalue weighted by molar-refractivity contribution is 5.78. The highest BCUT2D eigenvalue weighted by atomic mass is 16.6. The molecule has 80 valence electrons. The van der Waals surface area contributed by atoms with Crippen LogP contribution in [0.1, 0.15) is 11.3 Å². The van der Waals surface area contributed by atoms with Crippen molar-refractivity contribution in [3.05, 3.63) is 66.0 Å². The summed E-state index contributed by atoms with van der Waals surface area (Å²) < 4.78 is 0. The monoisotopic (exact) mass is 212 g/mol. The summed E-state index contributed by atoms with van der Waals surface area (Å²) in [5, 5.41) is 3.87. The van der Waals surface area contributed by atoms with Crippen LogP contribution in [-0.2, 0) is 11.4 Å². The molecule has 0 aliphatic heterocycles. The first-order valence-corrected chi connectivity index (χ1v) is 5.05. The Morgan fingerprint density at radius 2 is 1.88 bits per heavy atom. The molecule has 0 bridgehead atoms. The van der Waals surface area contributed by atoms with Gasteiger partial charge < -0.3 is 4.84 Å². The van der Waals surface area contributed by atoms with Gasteiger partial charge in [-0.1, -0.05) is 41.6 Å². The fourth-order valence-corrected chi connectivity index (χ4v) is 1.22. The second kappa shape index (κ2) is 5.66. The van der Waals surface area contributed by atoms with Gasteiger partial charge in [-0.05, 0) is 17.7 Å². The molecule has 0 amide bonds. The van der Waals surface area contributed by atoms with E-state index in [1.54, 1.807) is 12.4 Å². The van der Waals surface area contributed by atoms with Crippen molar-refractivity contribution in [3.63, 3.8) is 0 Å². The van der Waals surface area contributed by atoms with Crippen molar-refractivity contribution >= 4 is 6.21 Å². The van der Waals surface area contributed by atoms with Crippen LogP contribution in [0.4, 0.5) is 0 Å². The van der Waals surface area contributed by atoms with Gasteiger partial charge in [-0.2, -0.15) is 0 Å². The Bertz CT molecular complexity index is 440. The average Bonchev–Trinajstić information content (AvgIpc) is 2.37. The Hall–Kier alpha value is -2.16. The van der Waals surface area contributed by atoms with Gasteiger partial charge in [-0.15, -0.1) is 0 Å². The van der Waals surface area contributed by atoms with Crippen molar-refractivity contribution in [1.29, 1.82) is 0 Å². The smallest absolute Gasteiger partial charge is 0.159 e. The second-order valence-corrected chi connectivity index (χ2v) is 3.24. The van der Waals surface area contributed by atoms with Crippen LogP contribution in [0.25, 0.3) is 0 Å². The van der Waals surface area contributed by atoms with Crippen LogP contribution in [0.2, 0.25) is 0 Å². The van der Waals surface area contributed by atoms with E-state index in [0.717, 1.165) is 11.3 Å². The van der Waals surface area contributed by atoms with Crippen molar-refractivity contribution in [2.24, 2.45) is 5.16 Å². The molecule has 1 heterocycles. The summed E-state index contributed by atoms with van der Waals surface area (Å²) in [4.78, 5) is 9.25. The molecule has 0 N–H and O–H groups in total. The summed E-state index contributed by atoms with van der Waals surface area (Å²) in [5.41, 5.74) is 1.89. The summed E-state index contributed by atoms with van der Waals surface area (Å²) in [6.45, 7) is 0.393. The molecule has 0 saturated carbocycles. The van der Waals surface area contributed by atoms with Gasteiger partial charge >= 0.3 is 0 Å². The minimum Gasteiger partial charge on any atom is -0.389 e. The summed E-state index contributed by atoms with van der Waals surface area (Å²) in [5.74, 6) is 0. The van der Waals surface area contributed by atoms with Gasteiger partial charge in [0.05, 0.1) is 11.9 Å². The zero-order valence-electron chi connectivity index (χ0n) is 8.78. The molecule has 1 aromatic heterocycles. The van der Waals surface area contributed by atoms with Crippen LogP contribution in [0, 0.1) is 0 Å². The average molecular weight is 212 g/mol. The van der Waals surface area contributed by atoms with Crippen molar-refractivity contribution in [2.75, 3.05) is 0 Å². The van der Waals surface area contributed by atoms with Gasteiger partial charge in [-0.25, -0.2) is 0 Å². The molecular weight excluding hydrogens is 200 g/mol. The van der Waals surface area contributed by atoms with Crippen LogP contribution in [-0.4, -0.2) is 11.2 Å². The number of hydrogen-bond acceptors (Lipinski definition) is 3. The van der Waals surface area contributed by atoms with Crippen LogP contribution < -0.4 is 0 Å². The first kappa shape index (κ1) is 10.4. The van der Waals surface area contributed by atoms with Gasteiger partial charge in [0.25, 0.3) is 0 Å². The lowest BCUT2D eigenvalue weighted by molar-refractivity contribution is 0.129. The Labute approximate surface area is 94.4 Å². The first-order valence-electron chi connectivity index (χ1n) is 5.05. The molecule has 0 aliphatic carbocycles. The van der Waals surface area contributed by atoms with Crippen LogP contribution in [0.15, 0.2) is 59.9 Å². The van der Waals surface area contributed by atoms with E-state index in [1.807, 2.05) is 48.5 Å². The standard InChI is InChI=1S/C13H12N2O/c1-2-6-12(7-3-1)10-15-16-11-13-8-4-5-9-14-13/h1-10H,11H2. The number of aromatic nitrogens is 1. The van der Waals surface area contributed by atoms with E-state index in [0.29, 0.717) is 6.61 Å². The number of oxime groups is 1. The molecule has 16 heavy (non-hydrogen) atoms. The molecule has 3 nitrogen and oxygen atoms in total. The lowest BCUT2D eigenvalue weighted by atomic mass is 10.2. The second-order valence-electron chi connectivity index (χ2n) is 3.24. The molecule has 0 atom stereocenters. The summed E-state index contributed by atoms with van der Waals surface area (Å²) in [7, 11) is 0. The van der Waals surface area contributed by atoms with E-state index < -0.39 is 0 Å². The minimum absolute atomic E-state index is 0.393. The topological polar surface area (TPSA) is 34.5 Å². The number of rotatable bonds is 4. The van der Waals surface area contributed by atoms with Crippen LogP contribution in [0.3, 0.4) is 0 Å². The van der Waals surface area contributed by atoms with Crippen LogP contribution >= 0.6 is 0 Å². The van der Waals surface area contributed by atoms with E-state index in [-0.39, 0.29) is 0 Å². The summed E-state index contributed by atoms with van der Waals surface area (Å²) in [6, 6.07) is 15.5. The van der Waals surface area contributed by atoms with E-state index in [9.17, 15) is 0 Å².